The molecule has 3 aromatic rings. The van der Waals surface area contributed by atoms with E-state index in [1.165, 1.54) is 18.7 Å². The van der Waals surface area contributed by atoms with Crippen LogP contribution < -0.4 is 20.7 Å². The van der Waals surface area contributed by atoms with E-state index in [0.717, 1.165) is 6.54 Å². The van der Waals surface area contributed by atoms with E-state index in [1.54, 1.807) is 36.4 Å². The maximum atomic E-state index is 14.6. The fourth-order valence-electron chi connectivity index (χ4n) is 4.22. The summed E-state index contributed by atoms with van der Waals surface area (Å²) >= 11 is 0.375. The van der Waals surface area contributed by atoms with Crippen LogP contribution >= 0.6 is 11.8 Å². The average molecular weight is 547 g/mol. The molecule has 1 aliphatic heterocycles. The number of likely N-dealkylation sites (tertiary alicyclic amines) is 1. The Labute approximate surface area is 223 Å². The van der Waals surface area contributed by atoms with Gasteiger partial charge in [0, 0.05) is 37.5 Å². The Balaban J connectivity index is 1.58. The molecule has 0 spiro atoms. The molecule has 1 aromatic carbocycles. The van der Waals surface area contributed by atoms with Gasteiger partial charge < -0.3 is 25.6 Å². The molecule has 3 N–H and O–H groups in total. The Morgan fingerprint density at radius 1 is 1.32 bits per heavy atom. The molecular formula is C26H29F3N6O2S. The zero-order chi connectivity index (χ0) is 27.2. The summed E-state index contributed by atoms with van der Waals surface area (Å²) in [6, 6.07) is 9.73. The van der Waals surface area contributed by atoms with Crippen LogP contribution in [0.4, 0.5) is 24.7 Å². The molecule has 0 bridgehead atoms. The Morgan fingerprint density at radius 3 is 2.84 bits per heavy atom. The van der Waals surface area contributed by atoms with Crippen LogP contribution in [0.3, 0.4) is 0 Å². The molecule has 1 fully saturated rings. The second-order valence-electron chi connectivity index (χ2n) is 8.77. The molecule has 0 radical (unpaired) electrons. The lowest BCUT2D eigenvalue weighted by Crippen LogP contribution is -2.46. The van der Waals surface area contributed by atoms with Gasteiger partial charge in [0.25, 0.3) is 11.7 Å². The number of thioether (sulfide) groups is 1. The van der Waals surface area contributed by atoms with Gasteiger partial charge in [0.2, 0.25) is 0 Å². The Kier molecular flexibility index (Phi) is 8.91. The predicted molar refractivity (Wildman–Crippen MR) is 143 cm³/mol. The van der Waals surface area contributed by atoms with Crippen LogP contribution in [-0.4, -0.2) is 79.2 Å². The summed E-state index contributed by atoms with van der Waals surface area (Å²) in [6.45, 7) is 1.24. The number of nitrogens with one attached hydrogen (secondary N) is 3. The fourth-order valence-corrected chi connectivity index (χ4v) is 4.88. The number of rotatable bonds is 8. The Morgan fingerprint density at radius 2 is 2.13 bits per heavy atom. The van der Waals surface area contributed by atoms with Crippen molar-refractivity contribution in [3.05, 3.63) is 47.7 Å². The highest BCUT2D eigenvalue weighted by Crippen LogP contribution is 2.33. The molecule has 202 valence electrons. The number of pyridine rings is 1. The number of halogens is 3. The lowest BCUT2D eigenvalue weighted by molar-refractivity contribution is 0.0962. The van der Waals surface area contributed by atoms with Crippen molar-refractivity contribution in [3.63, 3.8) is 0 Å². The third kappa shape index (κ3) is 6.46. The molecular weight excluding hydrogens is 517 g/mol. The van der Waals surface area contributed by atoms with E-state index in [0.29, 0.717) is 53.1 Å². The van der Waals surface area contributed by atoms with Gasteiger partial charge in [-0.1, -0.05) is 23.7 Å². The summed E-state index contributed by atoms with van der Waals surface area (Å²) in [7, 11) is 4.91. The molecule has 0 unspecified atom stereocenters. The number of fused-ring (bicyclic) bond motifs is 1. The quantitative estimate of drug-likeness (QED) is 0.292. The second-order valence-corrected chi connectivity index (χ2v) is 9.77. The topological polar surface area (TPSA) is 82.9 Å². The number of hydrogen-bond donors (Lipinski definition) is 3. The predicted octanol–water partition coefficient (Wildman–Crippen LogP) is 3.93. The number of amides is 1. The number of nitrogens with zero attached hydrogens (tertiary/aromatic N) is 3. The van der Waals surface area contributed by atoms with Gasteiger partial charge in [0.15, 0.2) is 0 Å². The molecule has 38 heavy (non-hydrogen) atoms. The maximum Gasteiger partial charge on any atom is 0.289 e. The van der Waals surface area contributed by atoms with Gasteiger partial charge in [-0.05, 0) is 43.7 Å². The highest BCUT2D eigenvalue weighted by molar-refractivity contribution is 7.99. The first kappa shape index (κ1) is 27.5. The number of piperidine rings is 1. The molecule has 8 nitrogen and oxygen atoms in total. The minimum absolute atomic E-state index is 0.164. The number of benzene rings is 1. The summed E-state index contributed by atoms with van der Waals surface area (Å²) in [5.74, 6) is 3.88. The van der Waals surface area contributed by atoms with Gasteiger partial charge in [-0.3, -0.25) is 4.79 Å². The van der Waals surface area contributed by atoms with Crippen molar-refractivity contribution in [2.75, 3.05) is 51.5 Å². The Bertz CT molecular complexity index is 1360. The van der Waals surface area contributed by atoms with Crippen molar-refractivity contribution < 1.29 is 22.7 Å². The van der Waals surface area contributed by atoms with Crippen LogP contribution in [0.25, 0.3) is 5.52 Å². The van der Waals surface area contributed by atoms with Crippen molar-refractivity contribution in [1.82, 2.24) is 19.8 Å². The van der Waals surface area contributed by atoms with Crippen LogP contribution in [0.1, 0.15) is 22.5 Å². The van der Waals surface area contributed by atoms with Gasteiger partial charge in [-0.15, -0.1) is 0 Å². The number of methoxy groups -OCH3 is 1. The van der Waals surface area contributed by atoms with Crippen LogP contribution in [0.15, 0.2) is 41.3 Å². The molecule has 1 amide bonds. The van der Waals surface area contributed by atoms with E-state index in [2.05, 4.69) is 32.9 Å². The average Bonchev–Trinajstić information content (AvgIpc) is 3.24. The normalized spacial score (nSPS) is 17.7. The largest absolute Gasteiger partial charge is 0.497 e. The zero-order valence-electron chi connectivity index (χ0n) is 21.2. The standard InChI is InChI=1S/C26H29F3N6O2S/c1-30-25(36)16-12-17(14-18(13-16)37-3)31-10-5-6-21-24(38-26(28)29)22-7-4-8-23(35(22)33-21)32-20-9-11-34(2)15-19(20)27/h4,7-8,12-14,19-20,26,31-32H,9-11,15H2,1-3H3,(H,30,36)/t19-,20+/m0/s1. The highest BCUT2D eigenvalue weighted by Gasteiger charge is 2.28. The first-order valence-electron chi connectivity index (χ1n) is 12.0. The lowest BCUT2D eigenvalue weighted by atomic mass is 10.0. The molecule has 2 atom stereocenters. The smallest absolute Gasteiger partial charge is 0.289 e. The summed E-state index contributed by atoms with van der Waals surface area (Å²) < 4.78 is 48.3. The van der Waals surface area contributed by atoms with Gasteiger partial charge in [0.1, 0.15) is 23.4 Å². The summed E-state index contributed by atoms with van der Waals surface area (Å²) in [5, 5.41) is 13.3. The molecule has 3 heterocycles. The van der Waals surface area contributed by atoms with E-state index in [1.807, 2.05) is 11.9 Å². The van der Waals surface area contributed by atoms with Crippen molar-refractivity contribution in [3.8, 4) is 17.6 Å². The SMILES string of the molecule is CNC(=O)c1cc(NCC#Cc2nn3c(N[C@@H]4CCN(C)C[C@@H]4F)cccc3c2SC(F)F)cc(OC)c1. The molecule has 2 aromatic heterocycles. The molecule has 0 saturated carbocycles. The molecule has 4 rings (SSSR count). The third-order valence-electron chi connectivity index (χ3n) is 6.12. The number of alkyl halides is 3. The van der Waals surface area contributed by atoms with Gasteiger partial charge in [0.05, 0.1) is 30.1 Å². The van der Waals surface area contributed by atoms with Crippen molar-refractivity contribution >= 4 is 34.7 Å². The molecule has 0 aliphatic carbocycles. The first-order valence-corrected chi connectivity index (χ1v) is 12.9. The first-order chi connectivity index (χ1) is 18.3. The number of carbonyl (C=O) groups is 1. The van der Waals surface area contributed by atoms with E-state index in [4.69, 9.17) is 4.74 Å². The summed E-state index contributed by atoms with van der Waals surface area (Å²) in [6.07, 6.45) is -0.460. The van der Waals surface area contributed by atoms with Crippen LogP contribution in [0.2, 0.25) is 0 Å². The zero-order valence-corrected chi connectivity index (χ0v) is 22.0. The van der Waals surface area contributed by atoms with Crippen molar-refractivity contribution in [1.29, 1.82) is 0 Å². The third-order valence-corrected chi connectivity index (χ3v) is 6.93. The van der Waals surface area contributed by atoms with Crippen LogP contribution in [-0.2, 0) is 0 Å². The monoisotopic (exact) mass is 546 g/mol. The molecule has 1 saturated heterocycles. The number of hydrogen-bond acceptors (Lipinski definition) is 7. The lowest BCUT2D eigenvalue weighted by Gasteiger charge is -2.33. The number of carbonyl (C=O) groups excluding carboxylic acids is 1. The fraction of sp³-hybridized carbons (Fsp3) is 0.385. The van der Waals surface area contributed by atoms with Crippen molar-refractivity contribution in [2.24, 2.45) is 0 Å². The van der Waals surface area contributed by atoms with Crippen LogP contribution in [0.5, 0.6) is 5.75 Å². The molecule has 12 heteroatoms. The van der Waals surface area contributed by atoms with Crippen molar-refractivity contribution in [2.45, 2.75) is 29.3 Å². The second kappa shape index (κ2) is 12.3. The molecule has 1 aliphatic rings. The highest BCUT2D eigenvalue weighted by atomic mass is 32.2. The Hall–Kier alpha value is -3.56. The van der Waals surface area contributed by atoms with Gasteiger partial charge in [-0.2, -0.15) is 13.9 Å². The maximum absolute atomic E-state index is 14.6. The summed E-state index contributed by atoms with van der Waals surface area (Å²) in [5.41, 5.74) is 1.69. The van der Waals surface area contributed by atoms with Crippen LogP contribution in [0, 0.1) is 11.8 Å². The van der Waals surface area contributed by atoms with E-state index in [9.17, 15) is 18.0 Å². The minimum atomic E-state index is -2.66. The van der Waals surface area contributed by atoms with E-state index < -0.39 is 18.0 Å². The van der Waals surface area contributed by atoms with Gasteiger partial charge in [-0.25, -0.2) is 8.91 Å². The number of ether oxygens (including phenoxy) is 1. The number of aromatic nitrogens is 2. The van der Waals surface area contributed by atoms with Gasteiger partial charge >= 0.3 is 0 Å². The van der Waals surface area contributed by atoms with E-state index >= 15 is 0 Å². The number of anilines is 2. The summed E-state index contributed by atoms with van der Waals surface area (Å²) in [4.78, 5) is 14.2. The minimum Gasteiger partial charge on any atom is -0.497 e. The van der Waals surface area contributed by atoms with E-state index in [-0.39, 0.29) is 23.0 Å².